The molecule has 88 valence electrons. The van der Waals surface area contributed by atoms with E-state index in [9.17, 15) is 0 Å². The number of nitrogens with zero attached hydrogens (tertiary/aromatic N) is 2. The lowest BCUT2D eigenvalue weighted by molar-refractivity contribution is -0.00149. The SMILES string of the molecule is CC1COCCN1CCCN1CCCC1. The van der Waals surface area contributed by atoms with E-state index in [1.807, 2.05) is 0 Å². The Morgan fingerprint density at radius 2 is 1.93 bits per heavy atom. The maximum absolute atomic E-state index is 5.44. The van der Waals surface area contributed by atoms with E-state index in [1.165, 1.54) is 45.4 Å². The highest BCUT2D eigenvalue weighted by Crippen LogP contribution is 2.10. The second-order valence-electron chi connectivity index (χ2n) is 4.86. The molecule has 2 saturated heterocycles. The summed E-state index contributed by atoms with van der Waals surface area (Å²) in [6.07, 6.45) is 4.15. The first-order valence-corrected chi connectivity index (χ1v) is 6.40. The largest absolute Gasteiger partial charge is 0.379 e. The van der Waals surface area contributed by atoms with Crippen LogP contribution in [0.15, 0.2) is 0 Å². The summed E-state index contributed by atoms with van der Waals surface area (Å²) in [5.41, 5.74) is 0. The van der Waals surface area contributed by atoms with Crippen molar-refractivity contribution in [1.82, 2.24) is 9.80 Å². The van der Waals surface area contributed by atoms with Gasteiger partial charge in [0.05, 0.1) is 13.2 Å². The highest BCUT2D eigenvalue weighted by Gasteiger charge is 2.18. The number of ether oxygens (including phenoxy) is 1. The van der Waals surface area contributed by atoms with Gasteiger partial charge in [-0.05, 0) is 52.4 Å². The number of rotatable bonds is 4. The maximum atomic E-state index is 5.44. The minimum absolute atomic E-state index is 0.623. The zero-order chi connectivity index (χ0) is 10.5. The van der Waals surface area contributed by atoms with Gasteiger partial charge in [0.15, 0.2) is 0 Å². The van der Waals surface area contributed by atoms with Crippen molar-refractivity contribution in [3.8, 4) is 0 Å². The van der Waals surface area contributed by atoms with Gasteiger partial charge in [-0.3, -0.25) is 4.90 Å². The molecule has 0 spiro atoms. The van der Waals surface area contributed by atoms with E-state index in [0.717, 1.165) is 19.8 Å². The second-order valence-corrected chi connectivity index (χ2v) is 4.86. The second kappa shape index (κ2) is 5.83. The van der Waals surface area contributed by atoms with Crippen molar-refractivity contribution < 1.29 is 4.74 Å². The van der Waals surface area contributed by atoms with E-state index in [-0.39, 0.29) is 0 Å². The molecule has 0 amide bonds. The van der Waals surface area contributed by atoms with E-state index in [0.29, 0.717) is 6.04 Å². The molecular weight excluding hydrogens is 188 g/mol. The summed E-state index contributed by atoms with van der Waals surface area (Å²) in [7, 11) is 0. The summed E-state index contributed by atoms with van der Waals surface area (Å²) >= 11 is 0. The summed E-state index contributed by atoms with van der Waals surface area (Å²) in [5, 5.41) is 0. The quantitative estimate of drug-likeness (QED) is 0.696. The van der Waals surface area contributed by atoms with Crippen LogP contribution >= 0.6 is 0 Å². The molecule has 0 aromatic heterocycles. The topological polar surface area (TPSA) is 15.7 Å². The average Bonchev–Trinajstić information content (AvgIpc) is 2.74. The van der Waals surface area contributed by atoms with Crippen LogP contribution in [0.4, 0.5) is 0 Å². The lowest BCUT2D eigenvalue weighted by Crippen LogP contribution is -2.44. The van der Waals surface area contributed by atoms with Crippen LogP contribution in [0.2, 0.25) is 0 Å². The molecule has 2 aliphatic rings. The molecule has 2 aliphatic heterocycles. The Kier molecular flexibility index (Phi) is 4.42. The first-order chi connectivity index (χ1) is 7.36. The Labute approximate surface area is 93.4 Å². The highest BCUT2D eigenvalue weighted by atomic mass is 16.5. The molecule has 15 heavy (non-hydrogen) atoms. The Morgan fingerprint density at radius 3 is 2.67 bits per heavy atom. The van der Waals surface area contributed by atoms with Gasteiger partial charge in [-0.15, -0.1) is 0 Å². The van der Waals surface area contributed by atoms with Gasteiger partial charge >= 0.3 is 0 Å². The van der Waals surface area contributed by atoms with Gasteiger partial charge in [-0.25, -0.2) is 0 Å². The summed E-state index contributed by atoms with van der Waals surface area (Å²) < 4.78 is 5.44. The van der Waals surface area contributed by atoms with Gasteiger partial charge in [0, 0.05) is 12.6 Å². The van der Waals surface area contributed by atoms with Crippen LogP contribution in [0, 0.1) is 0 Å². The van der Waals surface area contributed by atoms with E-state index in [2.05, 4.69) is 16.7 Å². The molecule has 1 unspecified atom stereocenters. The predicted molar refractivity (Wildman–Crippen MR) is 62.1 cm³/mol. The Hall–Kier alpha value is -0.120. The third-order valence-corrected chi connectivity index (χ3v) is 3.62. The third-order valence-electron chi connectivity index (χ3n) is 3.62. The van der Waals surface area contributed by atoms with Gasteiger partial charge in [-0.1, -0.05) is 0 Å². The number of likely N-dealkylation sites (tertiary alicyclic amines) is 1. The molecule has 1 atom stereocenters. The zero-order valence-electron chi connectivity index (χ0n) is 9.95. The monoisotopic (exact) mass is 212 g/mol. The molecule has 2 heterocycles. The maximum Gasteiger partial charge on any atom is 0.0619 e. The Bertz CT molecular complexity index is 180. The fraction of sp³-hybridized carbons (Fsp3) is 1.00. The van der Waals surface area contributed by atoms with E-state index >= 15 is 0 Å². The number of hydrogen-bond acceptors (Lipinski definition) is 3. The molecule has 3 heteroatoms. The van der Waals surface area contributed by atoms with Crippen molar-refractivity contribution in [2.45, 2.75) is 32.2 Å². The fourth-order valence-corrected chi connectivity index (χ4v) is 2.60. The van der Waals surface area contributed by atoms with Crippen molar-refractivity contribution >= 4 is 0 Å². The van der Waals surface area contributed by atoms with Crippen LogP contribution in [-0.2, 0) is 4.74 Å². The normalized spacial score (nSPS) is 29.8. The predicted octanol–water partition coefficient (Wildman–Crippen LogP) is 1.19. The van der Waals surface area contributed by atoms with Crippen molar-refractivity contribution in [2.24, 2.45) is 0 Å². The zero-order valence-corrected chi connectivity index (χ0v) is 9.95. The van der Waals surface area contributed by atoms with Crippen LogP contribution in [0.3, 0.4) is 0 Å². The molecular formula is C12H24N2O. The van der Waals surface area contributed by atoms with Crippen molar-refractivity contribution in [2.75, 3.05) is 45.9 Å². The smallest absolute Gasteiger partial charge is 0.0619 e. The number of hydrogen-bond donors (Lipinski definition) is 0. The average molecular weight is 212 g/mol. The van der Waals surface area contributed by atoms with Crippen LogP contribution in [0.1, 0.15) is 26.2 Å². The van der Waals surface area contributed by atoms with Crippen LogP contribution in [0.25, 0.3) is 0 Å². The lowest BCUT2D eigenvalue weighted by Gasteiger charge is -2.33. The molecule has 0 bridgehead atoms. The van der Waals surface area contributed by atoms with Crippen LogP contribution < -0.4 is 0 Å². The minimum atomic E-state index is 0.623. The van der Waals surface area contributed by atoms with E-state index in [1.54, 1.807) is 0 Å². The van der Waals surface area contributed by atoms with Crippen LogP contribution in [0.5, 0.6) is 0 Å². The van der Waals surface area contributed by atoms with Gasteiger partial charge in [0.2, 0.25) is 0 Å². The van der Waals surface area contributed by atoms with Gasteiger partial charge in [0.1, 0.15) is 0 Å². The summed E-state index contributed by atoms with van der Waals surface area (Å²) in [5.74, 6) is 0. The van der Waals surface area contributed by atoms with Crippen molar-refractivity contribution in [3.05, 3.63) is 0 Å². The number of morpholine rings is 1. The first kappa shape index (κ1) is 11.4. The first-order valence-electron chi connectivity index (χ1n) is 6.40. The summed E-state index contributed by atoms with van der Waals surface area (Å²) in [4.78, 5) is 5.17. The van der Waals surface area contributed by atoms with Crippen molar-refractivity contribution in [1.29, 1.82) is 0 Å². The Balaban J connectivity index is 1.59. The molecule has 0 radical (unpaired) electrons. The molecule has 2 fully saturated rings. The highest BCUT2D eigenvalue weighted by molar-refractivity contribution is 4.72. The minimum Gasteiger partial charge on any atom is -0.379 e. The molecule has 0 aliphatic carbocycles. The summed E-state index contributed by atoms with van der Waals surface area (Å²) in [6, 6.07) is 0.623. The van der Waals surface area contributed by atoms with Crippen LogP contribution in [-0.4, -0.2) is 61.8 Å². The summed E-state index contributed by atoms with van der Waals surface area (Å²) in [6.45, 7) is 10.5. The molecule has 0 saturated carbocycles. The van der Waals surface area contributed by atoms with E-state index in [4.69, 9.17) is 4.74 Å². The molecule has 2 rings (SSSR count). The fourth-order valence-electron chi connectivity index (χ4n) is 2.60. The molecule has 0 aromatic carbocycles. The Morgan fingerprint density at radius 1 is 1.13 bits per heavy atom. The standard InChI is InChI=1S/C12H24N2O/c1-12-11-15-10-9-14(12)8-4-7-13-5-2-3-6-13/h12H,2-11H2,1H3. The third kappa shape index (κ3) is 3.44. The van der Waals surface area contributed by atoms with Gasteiger partial charge < -0.3 is 9.64 Å². The molecule has 0 aromatic rings. The van der Waals surface area contributed by atoms with Crippen molar-refractivity contribution in [3.63, 3.8) is 0 Å². The lowest BCUT2D eigenvalue weighted by atomic mass is 10.2. The van der Waals surface area contributed by atoms with E-state index < -0.39 is 0 Å². The molecule has 3 nitrogen and oxygen atoms in total. The van der Waals surface area contributed by atoms with Gasteiger partial charge in [0.25, 0.3) is 0 Å². The van der Waals surface area contributed by atoms with Gasteiger partial charge in [-0.2, -0.15) is 0 Å². The molecule has 0 N–H and O–H groups in total.